The van der Waals surface area contributed by atoms with Gasteiger partial charge in [0, 0.05) is 16.2 Å². The molecule has 0 aliphatic rings. The molecule has 0 fully saturated rings. The fraction of sp³-hybridized carbons (Fsp3) is 0.188. The molecular formula is C16H16FNO2S. The molecule has 2 aromatic rings. The summed E-state index contributed by atoms with van der Waals surface area (Å²) >= 11 is 1.68. The van der Waals surface area contributed by atoms with E-state index in [1.165, 1.54) is 17.0 Å². The standard InChI is InChI=1S/C16H16FNO2S/c1-12(18-19)15-11-13(17)7-8-16(15)20-9-10-21-14-5-3-2-4-6-14/h2-8,11,19H,9-10H2,1H3/b18-12-. The first-order valence-corrected chi connectivity index (χ1v) is 7.48. The molecule has 0 aromatic heterocycles. The van der Waals surface area contributed by atoms with Gasteiger partial charge in [0.25, 0.3) is 0 Å². The second-order valence-corrected chi connectivity index (χ2v) is 5.50. The zero-order valence-electron chi connectivity index (χ0n) is 11.6. The van der Waals surface area contributed by atoms with Crippen LogP contribution in [0.1, 0.15) is 12.5 Å². The quantitative estimate of drug-likeness (QED) is 0.286. The number of hydrogen-bond donors (Lipinski definition) is 1. The van der Waals surface area contributed by atoms with Crippen LogP contribution < -0.4 is 4.74 Å². The van der Waals surface area contributed by atoms with Crippen molar-refractivity contribution in [3.63, 3.8) is 0 Å². The second-order valence-electron chi connectivity index (χ2n) is 4.34. The summed E-state index contributed by atoms with van der Waals surface area (Å²) in [6.07, 6.45) is 0. The van der Waals surface area contributed by atoms with Crippen LogP contribution in [0.5, 0.6) is 5.75 Å². The number of rotatable bonds is 6. The maximum Gasteiger partial charge on any atom is 0.128 e. The van der Waals surface area contributed by atoms with E-state index in [1.54, 1.807) is 24.8 Å². The third kappa shape index (κ3) is 4.49. The van der Waals surface area contributed by atoms with Crippen LogP contribution in [0.4, 0.5) is 4.39 Å². The van der Waals surface area contributed by atoms with Crippen LogP contribution in [-0.2, 0) is 0 Å². The van der Waals surface area contributed by atoms with Gasteiger partial charge in [0.15, 0.2) is 0 Å². The number of benzene rings is 2. The number of oxime groups is 1. The third-order valence-electron chi connectivity index (χ3n) is 2.83. The molecular weight excluding hydrogens is 289 g/mol. The average molecular weight is 305 g/mol. The van der Waals surface area contributed by atoms with Crippen molar-refractivity contribution in [1.82, 2.24) is 0 Å². The molecule has 0 radical (unpaired) electrons. The molecule has 21 heavy (non-hydrogen) atoms. The summed E-state index contributed by atoms with van der Waals surface area (Å²) in [5, 5.41) is 11.9. The van der Waals surface area contributed by atoms with Crippen molar-refractivity contribution >= 4 is 17.5 Å². The van der Waals surface area contributed by atoms with Gasteiger partial charge < -0.3 is 9.94 Å². The van der Waals surface area contributed by atoms with Crippen molar-refractivity contribution in [1.29, 1.82) is 0 Å². The van der Waals surface area contributed by atoms with Crippen molar-refractivity contribution < 1.29 is 14.3 Å². The van der Waals surface area contributed by atoms with Crippen LogP contribution in [0.3, 0.4) is 0 Å². The average Bonchev–Trinajstić information content (AvgIpc) is 2.53. The molecule has 0 saturated heterocycles. The van der Waals surface area contributed by atoms with Crippen LogP contribution in [0, 0.1) is 5.82 Å². The lowest BCUT2D eigenvalue weighted by Gasteiger charge is -2.11. The summed E-state index contributed by atoms with van der Waals surface area (Å²) in [6.45, 7) is 2.08. The van der Waals surface area contributed by atoms with E-state index in [9.17, 15) is 4.39 Å². The minimum absolute atomic E-state index is 0.320. The lowest BCUT2D eigenvalue weighted by molar-refractivity contribution is 0.317. The first-order chi connectivity index (χ1) is 10.2. The highest BCUT2D eigenvalue weighted by molar-refractivity contribution is 7.99. The molecule has 2 aromatic carbocycles. The van der Waals surface area contributed by atoms with Crippen molar-refractivity contribution in [3.8, 4) is 5.75 Å². The molecule has 0 bridgehead atoms. The van der Waals surface area contributed by atoms with Gasteiger partial charge in [-0.05, 0) is 37.3 Å². The van der Waals surface area contributed by atoms with E-state index in [2.05, 4.69) is 5.16 Å². The Labute approximate surface area is 127 Å². The largest absolute Gasteiger partial charge is 0.492 e. The number of halogens is 1. The normalized spacial score (nSPS) is 11.4. The molecule has 110 valence electrons. The van der Waals surface area contributed by atoms with Crippen molar-refractivity contribution in [2.24, 2.45) is 5.16 Å². The molecule has 3 nitrogen and oxygen atoms in total. The Balaban J connectivity index is 1.94. The molecule has 0 unspecified atom stereocenters. The van der Waals surface area contributed by atoms with Gasteiger partial charge in [-0.25, -0.2) is 4.39 Å². The monoisotopic (exact) mass is 305 g/mol. The summed E-state index contributed by atoms with van der Waals surface area (Å²) in [7, 11) is 0. The zero-order chi connectivity index (χ0) is 15.1. The van der Waals surface area contributed by atoms with Crippen LogP contribution in [0.2, 0.25) is 0 Å². The molecule has 0 aliphatic heterocycles. The van der Waals surface area contributed by atoms with Crippen molar-refractivity contribution in [2.45, 2.75) is 11.8 Å². The summed E-state index contributed by atoms with van der Waals surface area (Å²) in [5.74, 6) is 0.898. The van der Waals surface area contributed by atoms with Gasteiger partial charge in [0.1, 0.15) is 11.6 Å². The van der Waals surface area contributed by atoms with E-state index in [4.69, 9.17) is 9.94 Å². The maximum atomic E-state index is 13.3. The summed E-state index contributed by atoms with van der Waals surface area (Å²) < 4.78 is 18.9. The van der Waals surface area contributed by atoms with E-state index < -0.39 is 0 Å². The highest BCUT2D eigenvalue weighted by Crippen LogP contribution is 2.22. The predicted octanol–water partition coefficient (Wildman–Crippen LogP) is 4.20. The highest BCUT2D eigenvalue weighted by Gasteiger charge is 2.09. The van der Waals surface area contributed by atoms with E-state index in [0.29, 0.717) is 23.6 Å². The van der Waals surface area contributed by atoms with Gasteiger partial charge in [0.05, 0.1) is 12.3 Å². The minimum Gasteiger partial charge on any atom is -0.492 e. The van der Waals surface area contributed by atoms with Crippen molar-refractivity contribution in [3.05, 3.63) is 59.9 Å². The smallest absolute Gasteiger partial charge is 0.128 e. The van der Waals surface area contributed by atoms with E-state index >= 15 is 0 Å². The predicted molar refractivity (Wildman–Crippen MR) is 83.1 cm³/mol. The Morgan fingerprint density at radius 3 is 2.71 bits per heavy atom. The van der Waals surface area contributed by atoms with Crippen LogP contribution in [0.15, 0.2) is 58.6 Å². The fourth-order valence-electron chi connectivity index (χ4n) is 1.79. The number of hydrogen-bond acceptors (Lipinski definition) is 4. The van der Waals surface area contributed by atoms with Gasteiger partial charge in [0.2, 0.25) is 0 Å². The summed E-state index contributed by atoms with van der Waals surface area (Å²) in [5.41, 5.74) is 0.780. The van der Waals surface area contributed by atoms with Crippen molar-refractivity contribution in [2.75, 3.05) is 12.4 Å². The Kier molecular flexibility index (Phi) is 5.63. The molecule has 0 heterocycles. The molecule has 0 spiro atoms. The number of nitrogens with zero attached hydrogens (tertiary/aromatic N) is 1. The lowest BCUT2D eigenvalue weighted by atomic mass is 10.1. The van der Waals surface area contributed by atoms with Gasteiger partial charge >= 0.3 is 0 Å². The molecule has 5 heteroatoms. The Hall–Kier alpha value is -2.01. The molecule has 0 saturated carbocycles. The van der Waals surface area contributed by atoms with E-state index in [1.807, 2.05) is 30.3 Å². The first-order valence-electron chi connectivity index (χ1n) is 6.50. The van der Waals surface area contributed by atoms with E-state index in [-0.39, 0.29) is 5.82 Å². The lowest BCUT2D eigenvalue weighted by Crippen LogP contribution is -2.05. The maximum absolute atomic E-state index is 13.3. The van der Waals surface area contributed by atoms with Gasteiger partial charge in [-0.3, -0.25) is 0 Å². The first kappa shape index (κ1) is 15.4. The highest BCUT2D eigenvalue weighted by atomic mass is 32.2. The Bertz CT molecular complexity index is 617. The number of thioether (sulfide) groups is 1. The van der Waals surface area contributed by atoms with Crippen LogP contribution >= 0.6 is 11.8 Å². The molecule has 0 atom stereocenters. The van der Waals surface area contributed by atoms with Gasteiger partial charge in [-0.15, -0.1) is 11.8 Å². The second kappa shape index (κ2) is 7.69. The van der Waals surface area contributed by atoms with Crippen LogP contribution in [0.25, 0.3) is 0 Å². The fourth-order valence-corrected chi connectivity index (χ4v) is 2.54. The zero-order valence-corrected chi connectivity index (χ0v) is 12.4. The van der Waals surface area contributed by atoms with Crippen LogP contribution in [-0.4, -0.2) is 23.3 Å². The molecule has 1 N–H and O–H groups in total. The summed E-state index contributed by atoms with van der Waals surface area (Å²) in [6, 6.07) is 14.2. The van der Waals surface area contributed by atoms with E-state index in [0.717, 1.165) is 5.75 Å². The third-order valence-corrected chi connectivity index (χ3v) is 3.81. The topological polar surface area (TPSA) is 41.8 Å². The molecule has 0 aliphatic carbocycles. The summed E-state index contributed by atoms with van der Waals surface area (Å²) in [4.78, 5) is 1.17. The Morgan fingerprint density at radius 1 is 1.24 bits per heavy atom. The van der Waals surface area contributed by atoms with Gasteiger partial charge in [-0.1, -0.05) is 23.4 Å². The van der Waals surface area contributed by atoms with Gasteiger partial charge in [-0.2, -0.15) is 0 Å². The molecule has 2 rings (SSSR count). The minimum atomic E-state index is -0.390. The Morgan fingerprint density at radius 2 is 2.00 bits per heavy atom. The number of ether oxygens (including phenoxy) is 1. The SMILES string of the molecule is C/C(=N/O)c1cc(F)ccc1OCCSc1ccccc1. The molecule has 0 amide bonds.